The Kier molecular flexibility index (Phi) is 4.52. The van der Waals surface area contributed by atoms with E-state index < -0.39 is 0 Å². The Morgan fingerprint density at radius 2 is 2.15 bits per heavy atom. The number of hydrogen-bond donors (Lipinski definition) is 3. The molecule has 6 heteroatoms. The predicted octanol–water partition coefficient (Wildman–Crippen LogP) is 2.02. The van der Waals surface area contributed by atoms with Gasteiger partial charge in [-0.1, -0.05) is 6.07 Å². The third kappa shape index (κ3) is 3.46. The zero-order valence-electron chi connectivity index (χ0n) is 11.1. The van der Waals surface area contributed by atoms with Crippen molar-refractivity contribution in [3.05, 3.63) is 48.3 Å². The van der Waals surface area contributed by atoms with Gasteiger partial charge in [-0.05, 0) is 31.2 Å². The van der Waals surface area contributed by atoms with Crippen LogP contribution in [0.3, 0.4) is 0 Å². The lowest BCUT2D eigenvalue weighted by Crippen LogP contribution is -2.15. The summed E-state index contributed by atoms with van der Waals surface area (Å²) in [4.78, 5) is 16.1. The van der Waals surface area contributed by atoms with E-state index in [1.807, 2.05) is 19.1 Å². The maximum absolute atomic E-state index is 12.1. The van der Waals surface area contributed by atoms with Crippen LogP contribution in [0.1, 0.15) is 17.4 Å². The Balaban J connectivity index is 2.12. The van der Waals surface area contributed by atoms with Gasteiger partial charge in [-0.25, -0.2) is 0 Å². The van der Waals surface area contributed by atoms with Crippen LogP contribution in [0.2, 0.25) is 0 Å². The van der Waals surface area contributed by atoms with Crippen molar-refractivity contribution in [1.82, 2.24) is 4.98 Å². The van der Waals surface area contributed by atoms with Crippen LogP contribution in [0.25, 0.3) is 0 Å². The Labute approximate surface area is 116 Å². The first-order valence-corrected chi connectivity index (χ1v) is 6.20. The molecular weight excluding hydrogens is 256 g/mol. The fourth-order valence-corrected chi connectivity index (χ4v) is 1.67. The molecule has 0 saturated heterocycles. The number of carbonyl (C=O) groups excluding carboxylic acids is 1. The smallest absolute Gasteiger partial charge is 0.274 e. The van der Waals surface area contributed by atoms with Gasteiger partial charge in [0.2, 0.25) is 0 Å². The maximum atomic E-state index is 12.1. The number of nitrogens with two attached hydrogens (primary N) is 1. The molecule has 1 aromatic heterocycles. The highest BCUT2D eigenvalue weighted by Crippen LogP contribution is 2.18. The number of hydrazine groups is 1. The van der Waals surface area contributed by atoms with Crippen LogP contribution in [0, 0.1) is 0 Å². The molecule has 0 atom stereocenters. The van der Waals surface area contributed by atoms with Crippen LogP contribution in [-0.2, 0) is 0 Å². The molecule has 20 heavy (non-hydrogen) atoms. The molecule has 0 aliphatic heterocycles. The van der Waals surface area contributed by atoms with Crippen molar-refractivity contribution in [3.63, 3.8) is 0 Å². The molecule has 2 aromatic rings. The minimum absolute atomic E-state index is 0.280. The van der Waals surface area contributed by atoms with Crippen molar-refractivity contribution in [2.45, 2.75) is 6.92 Å². The number of rotatable bonds is 5. The van der Waals surface area contributed by atoms with E-state index in [1.54, 1.807) is 24.3 Å². The van der Waals surface area contributed by atoms with Gasteiger partial charge in [-0.3, -0.25) is 15.6 Å². The molecular formula is C14H16N4O2. The second-order valence-corrected chi connectivity index (χ2v) is 3.99. The molecule has 0 bridgehead atoms. The summed E-state index contributed by atoms with van der Waals surface area (Å²) in [6.45, 7) is 2.48. The lowest BCUT2D eigenvalue weighted by atomic mass is 10.2. The molecule has 0 saturated carbocycles. The first-order chi connectivity index (χ1) is 9.72. The number of pyridine rings is 1. The third-order valence-corrected chi connectivity index (χ3v) is 2.56. The van der Waals surface area contributed by atoms with Crippen LogP contribution in [-0.4, -0.2) is 17.5 Å². The van der Waals surface area contributed by atoms with Gasteiger partial charge in [0.15, 0.2) is 0 Å². The van der Waals surface area contributed by atoms with E-state index in [4.69, 9.17) is 10.6 Å². The van der Waals surface area contributed by atoms with Gasteiger partial charge in [0.05, 0.1) is 12.3 Å². The molecule has 0 unspecified atom stereocenters. The van der Waals surface area contributed by atoms with Crippen molar-refractivity contribution in [3.8, 4) is 5.75 Å². The quantitative estimate of drug-likeness (QED) is 0.572. The second-order valence-electron chi connectivity index (χ2n) is 3.99. The van der Waals surface area contributed by atoms with E-state index in [1.165, 1.54) is 6.20 Å². The van der Waals surface area contributed by atoms with Crippen LogP contribution < -0.4 is 21.3 Å². The lowest BCUT2D eigenvalue weighted by Gasteiger charge is -2.08. The first-order valence-electron chi connectivity index (χ1n) is 6.20. The second kappa shape index (κ2) is 6.53. The minimum atomic E-state index is -0.309. The van der Waals surface area contributed by atoms with Crippen LogP contribution in [0.5, 0.6) is 5.75 Å². The number of carbonyl (C=O) groups is 1. The van der Waals surface area contributed by atoms with E-state index in [9.17, 15) is 4.79 Å². The molecule has 0 aliphatic carbocycles. The first kappa shape index (κ1) is 13.8. The van der Waals surface area contributed by atoms with Crippen molar-refractivity contribution >= 4 is 17.3 Å². The van der Waals surface area contributed by atoms with E-state index in [2.05, 4.69) is 15.7 Å². The number of hydrogen-bond acceptors (Lipinski definition) is 5. The lowest BCUT2D eigenvalue weighted by molar-refractivity contribution is 0.102. The number of aromatic nitrogens is 1. The van der Waals surface area contributed by atoms with Crippen molar-refractivity contribution < 1.29 is 9.53 Å². The summed E-state index contributed by atoms with van der Waals surface area (Å²) in [5, 5.41) is 2.76. The number of benzene rings is 1. The summed E-state index contributed by atoms with van der Waals surface area (Å²) < 4.78 is 5.38. The summed E-state index contributed by atoms with van der Waals surface area (Å²) in [5.74, 6) is 5.69. The van der Waals surface area contributed by atoms with E-state index in [0.29, 0.717) is 23.7 Å². The van der Waals surface area contributed by atoms with Crippen molar-refractivity contribution in [2.75, 3.05) is 17.3 Å². The normalized spacial score (nSPS) is 9.90. The highest BCUT2D eigenvalue weighted by atomic mass is 16.5. The van der Waals surface area contributed by atoms with Gasteiger partial charge in [0.25, 0.3) is 5.91 Å². The maximum Gasteiger partial charge on any atom is 0.274 e. The zero-order valence-corrected chi connectivity index (χ0v) is 11.1. The highest BCUT2D eigenvalue weighted by Gasteiger charge is 2.08. The number of anilines is 2. The average Bonchev–Trinajstić information content (AvgIpc) is 2.48. The minimum Gasteiger partial charge on any atom is -0.494 e. The van der Waals surface area contributed by atoms with Crippen LogP contribution in [0.4, 0.5) is 11.4 Å². The third-order valence-electron chi connectivity index (χ3n) is 2.56. The standard InChI is InChI=1S/C14H16N4O2/c1-2-20-12-5-3-4-10(8-12)17-14(19)13-9-11(18-15)6-7-16-13/h3-9H,2,15H2,1H3,(H,16,18)(H,17,19). The summed E-state index contributed by atoms with van der Waals surface area (Å²) in [5.41, 5.74) is 4.02. The molecule has 0 spiro atoms. The summed E-state index contributed by atoms with van der Waals surface area (Å²) >= 11 is 0. The van der Waals surface area contributed by atoms with Crippen molar-refractivity contribution in [1.29, 1.82) is 0 Å². The average molecular weight is 272 g/mol. The predicted molar refractivity (Wildman–Crippen MR) is 77.6 cm³/mol. The Hall–Kier alpha value is -2.60. The molecule has 4 N–H and O–H groups in total. The largest absolute Gasteiger partial charge is 0.494 e. The van der Waals surface area contributed by atoms with Gasteiger partial charge in [0.1, 0.15) is 11.4 Å². The van der Waals surface area contributed by atoms with E-state index >= 15 is 0 Å². The molecule has 1 heterocycles. The fourth-order valence-electron chi connectivity index (χ4n) is 1.67. The van der Waals surface area contributed by atoms with E-state index in [0.717, 1.165) is 0 Å². The topological polar surface area (TPSA) is 89.3 Å². The molecule has 104 valence electrons. The molecule has 0 fully saturated rings. The van der Waals surface area contributed by atoms with E-state index in [-0.39, 0.29) is 11.6 Å². The van der Waals surface area contributed by atoms with Crippen molar-refractivity contribution in [2.24, 2.45) is 5.84 Å². The summed E-state index contributed by atoms with van der Waals surface area (Å²) in [7, 11) is 0. The number of amides is 1. The molecule has 0 radical (unpaired) electrons. The number of nitrogen functional groups attached to an aromatic ring is 1. The number of nitrogens with zero attached hydrogens (tertiary/aromatic N) is 1. The molecule has 1 amide bonds. The summed E-state index contributed by atoms with van der Waals surface area (Å²) in [6.07, 6.45) is 1.51. The molecule has 0 aliphatic rings. The van der Waals surface area contributed by atoms with Gasteiger partial charge in [-0.2, -0.15) is 0 Å². The van der Waals surface area contributed by atoms with Gasteiger partial charge in [0, 0.05) is 18.0 Å². The number of ether oxygens (including phenoxy) is 1. The van der Waals surface area contributed by atoms with Gasteiger partial charge >= 0.3 is 0 Å². The Bertz CT molecular complexity index is 601. The van der Waals surface area contributed by atoms with Gasteiger partial charge in [-0.15, -0.1) is 0 Å². The molecule has 6 nitrogen and oxygen atoms in total. The Morgan fingerprint density at radius 3 is 2.90 bits per heavy atom. The molecule has 2 rings (SSSR count). The zero-order chi connectivity index (χ0) is 14.4. The van der Waals surface area contributed by atoms with Gasteiger partial charge < -0.3 is 15.5 Å². The Morgan fingerprint density at radius 1 is 1.30 bits per heavy atom. The SMILES string of the molecule is CCOc1cccc(NC(=O)c2cc(NN)ccn2)c1. The van der Waals surface area contributed by atoms with Crippen LogP contribution in [0.15, 0.2) is 42.6 Å². The summed E-state index contributed by atoms with van der Waals surface area (Å²) in [6, 6.07) is 10.4. The fraction of sp³-hybridized carbons (Fsp3) is 0.143. The highest BCUT2D eigenvalue weighted by molar-refractivity contribution is 6.03. The van der Waals surface area contributed by atoms with Crippen LogP contribution >= 0.6 is 0 Å². The molecule has 1 aromatic carbocycles. The number of nitrogens with one attached hydrogen (secondary N) is 2. The monoisotopic (exact) mass is 272 g/mol.